The zero-order chi connectivity index (χ0) is 18.2. The molecule has 25 heavy (non-hydrogen) atoms. The normalized spacial score (nSPS) is 17.1. The van der Waals surface area contributed by atoms with Crippen molar-refractivity contribution in [3.63, 3.8) is 0 Å². The van der Waals surface area contributed by atoms with E-state index in [1.807, 2.05) is 6.92 Å². The molecule has 0 atom stereocenters. The molecule has 1 aliphatic heterocycles. The molecule has 1 aromatic carbocycles. The van der Waals surface area contributed by atoms with Crippen LogP contribution in [-0.2, 0) is 6.54 Å². The number of rotatable bonds is 6. The lowest BCUT2D eigenvalue weighted by Crippen LogP contribution is -2.49. The summed E-state index contributed by atoms with van der Waals surface area (Å²) in [5.74, 6) is 0.475. The van der Waals surface area contributed by atoms with Gasteiger partial charge >= 0.3 is 0 Å². The monoisotopic (exact) mass is 352 g/mol. The SMILES string of the molecule is CCNC(=NCc1cc(F)ccc1F)NC1CCN(CC(C)C)CC1. The van der Waals surface area contributed by atoms with Crippen LogP contribution in [0.4, 0.5) is 8.78 Å². The number of hydrogen-bond acceptors (Lipinski definition) is 2. The lowest BCUT2D eigenvalue weighted by atomic mass is 10.0. The van der Waals surface area contributed by atoms with Crippen LogP contribution in [0.2, 0.25) is 0 Å². The number of likely N-dealkylation sites (tertiary alicyclic amines) is 1. The second-order valence-corrected chi connectivity index (χ2v) is 7.04. The van der Waals surface area contributed by atoms with Gasteiger partial charge in [-0.1, -0.05) is 13.8 Å². The minimum atomic E-state index is -0.443. The van der Waals surface area contributed by atoms with E-state index in [2.05, 4.69) is 34.4 Å². The number of benzene rings is 1. The number of nitrogens with zero attached hydrogens (tertiary/aromatic N) is 2. The van der Waals surface area contributed by atoms with Crippen molar-refractivity contribution in [3.8, 4) is 0 Å². The summed E-state index contributed by atoms with van der Waals surface area (Å²) in [6.45, 7) is 10.6. The summed E-state index contributed by atoms with van der Waals surface area (Å²) in [5.41, 5.74) is 0.268. The van der Waals surface area contributed by atoms with Crippen LogP contribution in [0.5, 0.6) is 0 Å². The van der Waals surface area contributed by atoms with E-state index in [1.54, 1.807) is 0 Å². The fourth-order valence-electron chi connectivity index (χ4n) is 3.12. The summed E-state index contributed by atoms with van der Waals surface area (Å²) in [5, 5.41) is 6.62. The molecule has 0 aromatic heterocycles. The third kappa shape index (κ3) is 6.61. The lowest BCUT2D eigenvalue weighted by Gasteiger charge is -2.34. The van der Waals surface area contributed by atoms with Gasteiger partial charge in [0, 0.05) is 37.8 Å². The van der Waals surface area contributed by atoms with Crippen LogP contribution in [0.1, 0.15) is 39.2 Å². The van der Waals surface area contributed by atoms with Gasteiger partial charge in [-0.15, -0.1) is 0 Å². The third-order valence-electron chi connectivity index (χ3n) is 4.31. The zero-order valence-electron chi connectivity index (χ0n) is 15.5. The van der Waals surface area contributed by atoms with Crippen molar-refractivity contribution in [1.82, 2.24) is 15.5 Å². The summed E-state index contributed by atoms with van der Waals surface area (Å²) < 4.78 is 27.0. The Labute approximate surface area is 149 Å². The van der Waals surface area contributed by atoms with Gasteiger partial charge in [0.2, 0.25) is 0 Å². The Balaban J connectivity index is 1.91. The number of hydrogen-bond donors (Lipinski definition) is 2. The number of aliphatic imine (C=N–C) groups is 1. The molecule has 6 heteroatoms. The molecule has 0 aliphatic carbocycles. The van der Waals surface area contributed by atoms with Crippen molar-refractivity contribution < 1.29 is 8.78 Å². The van der Waals surface area contributed by atoms with Gasteiger partial charge in [-0.2, -0.15) is 0 Å². The van der Waals surface area contributed by atoms with Crippen LogP contribution >= 0.6 is 0 Å². The van der Waals surface area contributed by atoms with Gasteiger partial charge in [-0.25, -0.2) is 13.8 Å². The highest BCUT2D eigenvalue weighted by Crippen LogP contribution is 2.13. The van der Waals surface area contributed by atoms with Crippen LogP contribution in [0.25, 0.3) is 0 Å². The molecule has 140 valence electrons. The number of guanidine groups is 1. The number of halogens is 2. The molecule has 1 saturated heterocycles. The summed E-state index contributed by atoms with van der Waals surface area (Å²) in [7, 11) is 0. The first kappa shape index (κ1) is 19.6. The molecule has 1 aromatic rings. The molecule has 1 fully saturated rings. The first-order chi connectivity index (χ1) is 12.0. The standard InChI is InChI=1S/C19H30F2N4/c1-4-22-19(23-12-15-11-16(20)5-6-18(15)21)24-17-7-9-25(10-8-17)13-14(2)3/h5-6,11,14,17H,4,7-10,12-13H2,1-3H3,(H2,22,23,24). The molecule has 0 bridgehead atoms. The maximum Gasteiger partial charge on any atom is 0.191 e. The van der Waals surface area contributed by atoms with Crippen molar-refractivity contribution in [2.45, 2.75) is 46.2 Å². The van der Waals surface area contributed by atoms with Gasteiger partial charge in [0.15, 0.2) is 5.96 Å². The predicted molar refractivity (Wildman–Crippen MR) is 98.6 cm³/mol. The Hall–Kier alpha value is -1.69. The van der Waals surface area contributed by atoms with Gasteiger partial charge in [-0.3, -0.25) is 0 Å². The van der Waals surface area contributed by atoms with Crippen LogP contribution in [-0.4, -0.2) is 43.1 Å². The van der Waals surface area contributed by atoms with Crippen LogP contribution in [0, 0.1) is 17.6 Å². The topological polar surface area (TPSA) is 39.7 Å². The molecule has 1 heterocycles. The lowest BCUT2D eigenvalue weighted by molar-refractivity contribution is 0.187. The Morgan fingerprint density at radius 2 is 2.00 bits per heavy atom. The van der Waals surface area contributed by atoms with Gasteiger partial charge in [0.1, 0.15) is 11.6 Å². The molecule has 0 amide bonds. The third-order valence-corrected chi connectivity index (χ3v) is 4.31. The Morgan fingerprint density at radius 3 is 2.64 bits per heavy atom. The summed E-state index contributed by atoms with van der Waals surface area (Å²) in [6.07, 6.45) is 2.12. The van der Waals surface area contributed by atoms with E-state index >= 15 is 0 Å². The number of piperidine rings is 1. The minimum Gasteiger partial charge on any atom is -0.357 e. The molecule has 0 unspecified atom stereocenters. The maximum absolute atomic E-state index is 13.7. The van der Waals surface area contributed by atoms with E-state index in [-0.39, 0.29) is 12.1 Å². The van der Waals surface area contributed by atoms with Gasteiger partial charge in [-0.05, 0) is 43.9 Å². The van der Waals surface area contributed by atoms with Crippen molar-refractivity contribution in [1.29, 1.82) is 0 Å². The largest absolute Gasteiger partial charge is 0.357 e. The van der Waals surface area contributed by atoms with Crippen molar-refractivity contribution in [3.05, 3.63) is 35.4 Å². The molecule has 4 nitrogen and oxygen atoms in total. The molecule has 0 radical (unpaired) electrons. The fourth-order valence-corrected chi connectivity index (χ4v) is 3.12. The van der Waals surface area contributed by atoms with E-state index in [9.17, 15) is 8.78 Å². The summed E-state index contributed by atoms with van der Waals surface area (Å²) in [6, 6.07) is 3.83. The molecule has 2 rings (SSSR count). The fraction of sp³-hybridized carbons (Fsp3) is 0.632. The van der Waals surface area contributed by atoms with Crippen molar-refractivity contribution in [2.24, 2.45) is 10.9 Å². The smallest absolute Gasteiger partial charge is 0.191 e. The van der Waals surface area contributed by atoms with E-state index in [0.717, 1.165) is 51.2 Å². The Kier molecular flexibility index (Phi) is 7.62. The average molecular weight is 352 g/mol. The molecule has 0 spiro atoms. The van der Waals surface area contributed by atoms with Gasteiger partial charge < -0.3 is 15.5 Å². The average Bonchev–Trinajstić information content (AvgIpc) is 2.57. The molecular formula is C19H30F2N4. The molecule has 1 aliphatic rings. The van der Waals surface area contributed by atoms with Crippen molar-refractivity contribution >= 4 is 5.96 Å². The predicted octanol–water partition coefficient (Wildman–Crippen LogP) is 3.14. The highest BCUT2D eigenvalue weighted by Gasteiger charge is 2.20. The van der Waals surface area contributed by atoms with Gasteiger partial charge in [0.25, 0.3) is 0 Å². The second-order valence-electron chi connectivity index (χ2n) is 7.04. The van der Waals surface area contributed by atoms with Crippen molar-refractivity contribution in [2.75, 3.05) is 26.2 Å². The molecule has 0 saturated carbocycles. The van der Waals surface area contributed by atoms with E-state index in [0.29, 0.717) is 17.9 Å². The zero-order valence-corrected chi connectivity index (χ0v) is 15.5. The van der Waals surface area contributed by atoms with Crippen LogP contribution in [0.15, 0.2) is 23.2 Å². The first-order valence-corrected chi connectivity index (χ1v) is 9.19. The highest BCUT2D eigenvalue weighted by molar-refractivity contribution is 5.80. The Morgan fingerprint density at radius 1 is 1.28 bits per heavy atom. The highest BCUT2D eigenvalue weighted by atomic mass is 19.1. The quantitative estimate of drug-likeness (QED) is 0.610. The second kappa shape index (κ2) is 9.70. The minimum absolute atomic E-state index is 0.116. The summed E-state index contributed by atoms with van der Waals surface area (Å²) in [4.78, 5) is 6.92. The number of nitrogens with one attached hydrogen (secondary N) is 2. The van der Waals surface area contributed by atoms with Crippen LogP contribution < -0.4 is 10.6 Å². The first-order valence-electron chi connectivity index (χ1n) is 9.19. The van der Waals surface area contributed by atoms with E-state index < -0.39 is 11.6 Å². The van der Waals surface area contributed by atoms with E-state index in [4.69, 9.17) is 0 Å². The van der Waals surface area contributed by atoms with E-state index in [1.165, 1.54) is 6.07 Å². The Bertz CT molecular complexity index is 567. The maximum atomic E-state index is 13.7. The van der Waals surface area contributed by atoms with Gasteiger partial charge in [0.05, 0.1) is 6.54 Å². The summed E-state index contributed by atoms with van der Waals surface area (Å²) >= 11 is 0. The van der Waals surface area contributed by atoms with Crippen LogP contribution in [0.3, 0.4) is 0 Å². The molecule has 2 N–H and O–H groups in total. The molecular weight excluding hydrogens is 322 g/mol.